The van der Waals surface area contributed by atoms with E-state index in [9.17, 15) is 13.2 Å². The van der Waals surface area contributed by atoms with Crippen molar-refractivity contribution in [1.82, 2.24) is 0 Å². The van der Waals surface area contributed by atoms with Gasteiger partial charge in [0.2, 0.25) is 0 Å². The van der Waals surface area contributed by atoms with Crippen LogP contribution in [0.25, 0.3) is 10.8 Å². The van der Waals surface area contributed by atoms with E-state index in [1.54, 1.807) is 6.07 Å². The summed E-state index contributed by atoms with van der Waals surface area (Å²) in [5, 5.41) is 0.216. The summed E-state index contributed by atoms with van der Waals surface area (Å²) >= 11 is 0. The molecular weight excluding hydrogens is 285 g/mol. The van der Waals surface area contributed by atoms with Gasteiger partial charge in [0.05, 0.1) is 0 Å². The van der Waals surface area contributed by atoms with Crippen molar-refractivity contribution < 1.29 is 13.2 Å². The van der Waals surface area contributed by atoms with Gasteiger partial charge in [-0.1, -0.05) is 31.9 Å². The molecule has 0 heterocycles. The maximum absolute atomic E-state index is 13.9. The van der Waals surface area contributed by atoms with Crippen LogP contribution in [-0.4, -0.2) is 0 Å². The molecule has 0 saturated heterocycles. The van der Waals surface area contributed by atoms with Crippen LogP contribution in [0.1, 0.15) is 56.9 Å². The second-order valence-electron chi connectivity index (χ2n) is 6.47. The highest BCUT2D eigenvalue weighted by atomic mass is 19.2. The predicted octanol–water partition coefficient (Wildman–Crippen LogP) is 6.33. The zero-order valence-corrected chi connectivity index (χ0v) is 12.8. The van der Waals surface area contributed by atoms with Crippen LogP contribution in [0.15, 0.2) is 24.3 Å². The van der Waals surface area contributed by atoms with Crippen molar-refractivity contribution in [3.63, 3.8) is 0 Å². The van der Waals surface area contributed by atoms with Gasteiger partial charge in [-0.3, -0.25) is 0 Å². The minimum absolute atomic E-state index is 0.0286. The second kappa shape index (κ2) is 6.31. The fourth-order valence-corrected chi connectivity index (χ4v) is 3.78. The Hall–Kier alpha value is -1.51. The van der Waals surface area contributed by atoms with E-state index in [0.717, 1.165) is 24.3 Å². The van der Waals surface area contributed by atoms with E-state index in [1.165, 1.54) is 31.7 Å². The Kier molecular flexibility index (Phi) is 4.42. The highest BCUT2D eigenvalue weighted by molar-refractivity contribution is 5.84. The summed E-state index contributed by atoms with van der Waals surface area (Å²) in [4.78, 5) is 0. The van der Waals surface area contributed by atoms with E-state index >= 15 is 0 Å². The largest absolute Gasteiger partial charge is 0.206 e. The monoisotopic (exact) mass is 306 g/mol. The summed E-state index contributed by atoms with van der Waals surface area (Å²) in [5.74, 6) is -1.56. The fourth-order valence-electron chi connectivity index (χ4n) is 3.78. The normalized spacial score (nSPS) is 22.2. The molecule has 0 radical (unpaired) electrons. The summed E-state index contributed by atoms with van der Waals surface area (Å²) in [6.45, 7) is 2.21. The van der Waals surface area contributed by atoms with E-state index in [0.29, 0.717) is 12.0 Å². The van der Waals surface area contributed by atoms with E-state index in [4.69, 9.17) is 0 Å². The van der Waals surface area contributed by atoms with Crippen LogP contribution in [0.2, 0.25) is 0 Å². The maximum atomic E-state index is 13.9. The van der Waals surface area contributed by atoms with Crippen LogP contribution in [-0.2, 0) is 0 Å². The van der Waals surface area contributed by atoms with Gasteiger partial charge in [0.15, 0.2) is 11.6 Å². The van der Waals surface area contributed by atoms with Crippen molar-refractivity contribution in [2.24, 2.45) is 5.92 Å². The Labute approximate surface area is 129 Å². The smallest absolute Gasteiger partial charge is 0.166 e. The highest BCUT2D eigenvalue weighted by Crippen LogP contribution is 2.38. The SMILES string of the molecule is CCC[C@H]1CC[C@H](c2ccc3c(F)c(F)cc(F)c3c2)CC1. The van der Waals surface area contributed by atoms with E-state index in [-0.39, 0.29) is 10.8 Å². The van der Waals surface area contributed by atoms with Crippen LogP contribution >= 0.6 is 0 Å². The Bertz CT molecular complexity index is 670. The average Bonchev–Trinajstić information content (AvgIpc) is 2.53. The zero-order valence-electron chi connectivity index (χ0n) is 12.8. The second-order valence-corrected chi connectivity index (χ2v) is 6.47. The lowest BCUT2D eigenvalue weighted by atomic mass is 9.77. The van der Waals surface area contributed by atoms with Crippen LogP contribution < -0.4 is 0 Å². The zero-order chi connectivity index (χ0) is 15.7. The number of hydrogen-bond donors (Lipinski definition) is 0. The first kappa shape index (κ1) is 15.4. The quantitative estimate of drug-likeness (QED) is 0.581. The molecule has 0 aliphatic heterocycles. The molecule has 3 heteroatoms. The molecule has 0 N–H and O–H groups in total. The standard InChI is InChI=1S/C19H21F3/c1-2-3-12-4-6-13(7-5-12)14-8-9-15-16(10-14)17(20)11-18(21)19(15)22/h8-13H,2-7H2,1H3/t12-,13-. The lowest BCUT2D eigenvalue weighted by Crippen LogP contribution is -2.13. The summed E-state index contributed by atoms with van der Waals surface area (Å²) < 4.78 is 40.9. The van der Waals surface area contributed by atoms with E-state index < -0.39 is 17.5 Å². The number of hydrogen-bond acceptors (Lipinski definition) is 0. The van der Waals surface area contributed by atoms with Crippen molar-refractivity contribution >= 4 is 10.8 Å². The van der Waals surface area contributed by atoms with Gasteiger partial charge in [0, 0.05) is 16.8 Å². The minimum Gasteiger partial charge on any atom is -0.206 e. The molecule has 3 rings (SSSR count). The Morgan fingerprint density at radius 2 is 1.64 bits per heavy atom. The van der Waals surface area contributed by atoms with Crippen molar-refractivity contribution in [1.29, 1.82) is 0 Å². The highest BCUT2D eigenvalue weighted by Gasteiger charge is 2.22. The average molecular weight is 306 g/mol. The third-order valence-electron chi connectivity index (χ3n) is 5.02. The van der Waals surface area contributed by atoms with Crippen LogP contribution in [0, 0.1) is 23.4 Å². The molecule has 0 amide bonds. The van der Waals surface area contributed by atoms with E-state index in [2.05, 4.69) is 6.92 Å². The van der Waals surface area contributed by atoms with Crippen LogP contribution in [0.5, 0.6) is 0 Å². The van der Waals surface area contributed by atoms with Crippen molar-refractivity contribution in [2.45, 2.75) is 51.4 Å². The molecule has 118 valence electrons. The molecular formula is C19H21F3. The molecule has 2 aromatic carbocycles. The molecule has 1 aliphatic rings. The minimum atomic E-state index is -1.13. The van der Waals surface area contributed by atoms with Gasteiger partial charge in [-0.15, -0.1) is 0 Å². The van der Waals surface area contributed by atoms with Gasteiger partial charge < -0.3 is 0 Å². The van der Waals surface area contributed by atoms with Gasteiger partial charge in [-0.05, 0) is 49.1 Å². The van der Waals surface area contributed by atoms with Gasteiger partial charge in [-0.2, -0.15) is 0 Å². The lowest BCUT2D eigenvalue weighted by molar-refractivity contribution is 0.308. The summed E-state index contributed by atoms with van der Waals surface area (Å²) in [6.07, 6.45) is 7.11. The van der Waals surface area contributed by atoms with Gasteiger partial charge in [0.1, 0.15) is 5.82 Å². The molecule has 0 bridgehead atoms. The Morgan fingerprint density at radius 1 is 0.909 bits per heavy atom. The molecule has 2 aromatic rings. The number of fused-ring (bicyclic) bond motifs is 1. The van der Waals surface area contributed by atoms with Crippen molar-refractivity contribution in [3.8, 4) is 0 Å². The molecule has 0 nitrogen and oxygen atoms in total. The Morgan fingerprint density at radius 3 is 2.32 bits per heavy atom. The van der Waals surface area contributed by atoms with Crippen molar-refractivity contribution in [2.75, 3.05) is 0 Å². The summed E-state index contributed by atoms with van der Waals surface area (Å²) in [5.41, 5.74) is 1.05. The third kappa shape index (κ3) is 2.86. The maximum Gasteiger partial charge on any atom is 0.166 e. The molecule has 0 unspecified atom stereocenters. The van der Waals surface area contributed by atoms with Crippen LogP contribution in [0.4, 0.5) is 13.2 Å². The lowest BCUT2D eigenvalue weighted by Gasteiger charge is -2.28. The molecule has 1 saturated carbocycles. The molecule has 22 heavy (non-hydrogen) atoms. The first-order valence-electron chi connectivity index (χ1n) is 8.17. The van der Waals surface area contributed by atoms with Gasteiger partial charge >= 0.3 is 0 Å². The molecule has 0 aromatic heterocycles. The molecule has 1 fully saturated rings. The van der Waals surface area contributed by atoms with Crippen molar-refractivity contribution in [3.05, 3.63) is 47.3 Å². The number of halogens is 3. The molecule has 1 aliphatic carbocycles. The first-order valence-corrected chi connectivity index (χ1v) is 8.17. The number of benzene rings is 2. The van der Waals surface area contributed by atoms with E-state index in [1.807, 2.05) is 6.07 Å². The van der Waals surface area contributed by atoms with Gasteiger partial charge in [0.25, 0.3) is 0 Å². The van der Waals surface area contributed by atoms with Crippen LogP contribution in [0.3, 0.4) is 0 Å². The fraction of sp³-hybridized carbons (Fsp3) is 0.474. The topological polar surface area (TPSA) is 0 Å². The third-order valence-corrected chi connectivity index (χ3v) is 5.02. The first-order chi connectivity index (χ1) is 10.6. The summed E-state index contributed by atoms with van der Waals surface area (Å²) in [7, 11) is 0. The summed E-state index contributed by atoms with van der Waals surface area (Å²) in [6, 6.07) is 5.69. The predicted molar refractivity (Wildman–Crippen MR) is 83.4 cm³/mol. The van der Waals surface area contributed by atoms with Gasteiger partial charge in [-0.25, -0.2) is 13.2 Å². The Balaban J connectivity index is 1.87. The number of rotatable bonds is 3. The molecule has 0 atom stereocenters. The molecule has 0 spiro atoms.